The number of benzene rings is 1. The van der Waals surface area contributed by atoms with Crippen molar-refractivity contribution in [2.75, 3.05) is 5.73 Å². The highest BCUT2D eigenvalue weighted by molar-refractivity contribution is 5.65. The Labute approximate surface area is 95.6 Å². The van der Waals surface area contributed by atoms with Crippen LogP contribution in [0.3, 0.4) is 0 Å². The minimum atomic E-state index is -0.768. The standard InChI is InChI=1S/C12H18N2O2/c1-8-4-5-9(10(13)6-8)7-12(2,3)16-11(14)15/h4-6H,7,13H2,1-3H3,(H2,14,15). The summed E-state index contributed by atoms with van der Waals surface area (Å²) in [5.74, 6) is 0. The molecule has 0 spiro atoms. The fourth-order valence-corrected chi connectivity index (χ4v) is 1.64. The van der Waals surface area contributed by atoms with Gasteiger partial charge in [0.25, 0.3) is 0 Å². The molecule has 4 N–H and O–H groups in total. The normalized spacial score (nSPS) is 11.2. The third-order valence-electron chi connectivity index (χ3n) is 2.29. The summed E-state index contributed by atoms with van der Waals surface area (Å²) in [7, 11) is 0. The van der Waals surface area contributed by atoms with Crippen LogP contribution in [0.1, 0.15) is 25.0 Å². The molecule has 0 atom stereocenters. The largest absolute Gasteiger partial charge is 0.443 e. The van der Waals surface area contributed by atoms with E-state index in [-0.39, 0.29) is 0 Å². The average Bonchev–Trinajstić information content (AvgIpc) is 2.07. The van der Waals surface area contributed by atoms with E-state index in [2.05, 4.69) is 0 Å². The highest BCUT2D eigenvalue weighted by Crippen LogP contribution is 2.22. The van der Waals surface area contributed by atoms with Gasteiger partial charge in [0.05, 0.1) is 0 Å². The Morgan fingerprint density at radius 1 is 1.44 bits per heavy atom. The second-order valence-electron chi connectivity index (χ2n) is 4.56. The first kappa shape index (κ1) is 12.4. The number of primary amides is 1. The van der Waals surface area contributed by atoms with Crippen LogP contribution in [0.4, 0.5) is 10.5 Å². The average molecular weight is 222 g/mol. The first-order valence-corrected chi connectivity index (χ1v) is 5.13. The number of hydrogen-bond acceptors (Lipinski definition) is 3. The van der Waals surface area contributed by atoms with Gasteiger partial charge in [-0.1, -0.05) is 12.1 Å². The fourth-order valence-electron chi connectivity index (χ4n) is 1.64. The van der Waals surface area contributed by atoms with Crippen LogP contribution in [-0.2, 0) is 11.2 Å². The van der Waals surface area contributed by atoms with E-state index < -0.39 is 11.7 Å². The van der Waals surface area contributed by atoms with Gasteiger partial charge in [-0.3, -0.25) is 0 Å². The molecule has 4 nitrogen and oxygen atoms in total. The Bertz CT molecular complexity index is 400. The summed E-state index contributed by atoms with van der Waals surface area (Å²) in [5, 5.41) is 0. The van der Waals surface area contributed by atoms with E-state index in [1.165, 1.54) is 0 Å². The van der Waals surface area contributed by atoms with Crippen LogP contribution in [0, 0.1) is 6.92 Å². The Hall–Kier alpha value is -1.71. The maximum Gasteiger partial charge on any atom is 0.405 e. The van der Waals surface area contributed by atoms with Crippen LogP contribution in [0.15, 0.2) is 18.2 Å². The molecule has 0 unspecified atom stereocenters. The van der Waals surface area contributed by atoms with Crippen molar-refractivity contribution in [3.8, 4) is 0 Å². The molecule has 0 saturated heterocycles. The Morgan fingerprint density at radius 2 is 2.06 bits per heavy atom. The van der Waals surface area contributed by atoms with Gasteiger partial charge in [0.1, 0.15) is 5.60 Å². The molecule has 0 radical (unpaired) electrons. The summed E-state index contributed by atoms with van der Waals surface area (Å²) in [6.45, 7) is 5.58. The lowest BCUT2D eigenvalue weighted by molar-refractivity contribution is 0.0461. The molecule has 0 bridgehead atoms. The lowest BCUT2D eigenvalue weighted by Gasteiger charge is -2.24. The van der Waals surface area contributed by atoms with Gasteiger partial charge < -0.3 is 16.2 Å². The van der Waals surface area contributed by atoms with Crippen LogP contribution in [0.5, 0.6) is 0 Å². The number of hydrogen-bond donors (Lipinski definition) is 2. The Morgan fingerprint density at radius 3 is 2.56 bits per heavy atom. The van der Waals surface area contributed by atoms with E-state index in [4.69, 9.17) is 16.2 Å². The topological polar surface area (TPSA) is 78.3 Å². The molecule has 1 aromatic rings. The number of carbonyl (C=O) groups excluding carboxylic acids is 1. The lowest BCUT2D eigenvalue weighted by atomic mass is 9.96. The van der Waals surface area contributed by atoms with Gasteiger partial charge in [0.2, 0.25) is 0 Å². The summed E-state index contributed by atoms with van der Waals surface area (Å²) < 4.78 is 5.01. The van der Waals surface area contributed by atoms with E-state index in [9.17, 15) is 4.79 Å². The zero-order chi connectivity index (χ0) is 12.3. The molecular formula is C12H18N2O2. The number of nitrogen functional groups attached to an aromatic ring is 1. The Balaban J connectivity index is 2.83. The highest BCUT2D eigenvalue weighted by Gasteiger charge is 2.23. The van der Waals surface area contributed by atoms with Crippen molar-refractivity contribution < 1.29 is 9.53 Å². The first-order chi connectivity index (χ1) is 7.30. The predicted octanol–water partition coefficient (Wildman–Crippen LogP) is 1.99. The number of rotatable bonds is 3. The third-order valence-corrected chi connectivity index (χ3v) is 2.29. The molecule has 0 aliphatic carbocycles. The highest BCUT2D eigenvalue weighted by atomic mass is 16.6. The molecule has 0 saturated carbocycles. The van der Waals surface area contributed by atoms with Crippen molar-refractivity contribution in [2.45, 2.75) is 32.8 Å². The summed E-state index contributed by atoms with van der Waals surface area (Å²) in [6.07, 6.45) is -0.224. The molecular weight excluding hydrogens is 204 g/mol. The van der Waals surface area contributed by atoms with Crippen LogP contribution in [-0.4, -0.2) is 11.7 Å². The summed E-state index contributed by atoms with van der Waals surface area (Å²) in [4.78, 5) is 10.7. The number of carbonyl (C=O) groups is 1. The second kappa shape index (κ2) is 4.43. The third kappa shape index (κ3) is 3.46. The van der Waals surface area contributed by atoms with Crippen LogP contribution < -0.4 is 11.5 Å². The molecule has 0 fully saturated rings. The molecule has 1 rings (SSSR count). The van der Waals surface area contributed by atoms with E-state index in [1.54, 1.807) is 13.8 Å². The van der Waals surface area contributed by atoms with Gasteiger partial charge in [0.15, 0.2) is 0 Å². The molecule has 1 aromatic carbocycles. The molecule has 16 heavy (non-hydrogen) atoms. The summed E-state index contributed by atoms with van der Waals surface area (Å²) in [6, 6.07) is 5.82. The smallest absolute Gasteiger partial charge is 0.405 e. The van der Waals surface area contributed by atoms with Crippen molar-refractivity contribution in [1.82, 2.24) is 0 Å². The lowest BCUT2D eigenvalue weighted by Crippen LogP contribution is -2.33. The van der Waals surface area contributed by atoms with E-state index in [0.29, 0.717) is 12.1 Å². The van der Waals surface area contributed by atoms with Crippen molar-refractivity contribution in [3.63, 3.8) is 0 Å². The van der Waals surface area contributed by atoms with Gasteiger partial charge in [-0.25, -0.2) is 4.79 Å². The quantitative estimate of drug-likeness (QED) is 0.768. The SMILES string of the molecule is Cc1ccc(CC(C)(C)OC(N)=O)c(N)c1. The van der Waals surface area contributed by atoms with Crippen molar-refractivity contribution in [2.24, 2.45) is 5.73 Å². The summed E-state index contributed by atoms with van der Waals surface area (Å²) in [5.41, 5.74) is 13.0. The van der Waals surface area contributed by atoms with Crippen molar-refractivity contribution in [1.29, 1.82) is 0 Å². The zero-order valence-electron chi connectivity index (χ0n) is 9.91. The minimum Gasteiger partial charge on any atom is -0.443 e. The van der Waals surface area contributed by atoms with E-state index >= 15 is 0 Å². The molecule has 0 aliphatic rings. The number of anilines is 1. The van der Waals surface area contributed by atoms with E-state index in [0.717, 1.165) is 11.1 Å². The number of amides is 1. The second-order valence-corrected chi connectivity index (χ2v) is 4.56. The molecule has 88 valence electrons. The predicted molar refractivity (Wildman–Crippen MR) is 64.0 cm³/mol. The molecule has 0 heterocycles. The van der Waals surface area contributed by atoms with Crippen molar-refractivity contribution >= 4 is 11.8 Å². The van der Waals surface area contributed by atoms with E-state index in [1.807, 2.05) is 25.1 Å². The number of ether oxygens (including phenoxy) is 1. The Kier molecular flexibility index (Phi) is 3.42. The number of aryl methyl sites for hydroxylation is 1. The maximum absolute atomic E-state index is 10.7. The van der Waals surface area contributed by atoms with Gasteiger partial charge in [-0.05, 0) is 38.0 Å². The van der Waals surface area contributed by atoms with Crippen LogP contribution in [0.2, 0.25) is 0 Å². The maximum atomic E-state index is 10.7. The van der Waals surface area contributed by atoms with Crippen molar-refractivity contribution in [3.05, 3.63) is 29.3 Å². The van der Waals surface area contributed by atoms with Crippen LogP contribution >= 0.6 is 0 Å². The van der Waals surface area contributed by atoms with Crippen LogP contribution in [0.25, 0.3) is 0 Å². The van der Waals surface area contributed by atoms with Gasteiger partial charge in [-0.2, -0.15) is 0 Å². The monoisotopic (exact) mass is 222 g/mol. The number of nitrogens with two attached hydrogens (primary N) is 2. The minimum absolute atomic E-state index is 0.544. The fraction of sp³-hybridized carbons (Fsp3) is 0.417. The van der Waals surface area contributed by atoms with Gasteiger partial charge in [-0.15, -0.1) is 0 Å². The van der Waals surface area contributed by atoms with Gasteiger partial charge >= 0.3 is 6.09 Å². The molecule has 0 aromatic heterocycles. The summed E-state index contributed by atoms with van der Waals surface area (Å²) >= 11 is 0. The molecule has 4 heteroatoms. The zero-order valence-corrected chi connectivity index (χ0v) is 9.91. The molecule has 0 aliphatic heterocycles. The van der Waals surface area contributed by atoms with Gasteiger partial charge in [0, 0.05) is 12.1 Å². The first-order valence-electron chi connectivity index (χ1n) is 5.13. The molecule has 1 amide bonds.